The van der Waals surface area contributed by atoms with Crippen LogP contribution in [0.25, 0.3) is 11.0 Å². The van der Waals surface area contributed by atoms with Crippen molar-refractivity contribution in [2.75, 3.05) is 11.9 Å². The van der Waals surface area contributed by atoms with Gasteiger partial charge in [0.25, 0.3) is 0 Å². The average Bonchev–Trinajstić information content (AvgIpc) is 2.80. The van der Waals surface area contributed by atoms with Crippen LogP contribution in [0.2, 0.25) is 0 Å². The van der Waals surface area contributed by atoms with Crippen LogP contribution >= 0.6 is 11.8 Å². The molecule has 0 saturated carbocycles. The van der Waals surface area contributed by atoms with E-state index in [1.165, 1.54) is 11.8 Å². The zero-order valence-electron chi connectivity index (χ0n) is 11.3. The summed E-state index contributed by atoms with van der Waals surface area (Å²) in [7, 11) is 0. The fraction of sp³-hybridized carbons (Fsp3) is 0.214. The van der Waals surface area contributed by atoms with Gasteiger partial charge < -0.3 is 10.3 Å². The lowest BCUT2D eigenvalue weighted by Crippen LogP contribution is -2.02. The van der Waals surface area contributed by atoms with Crippen LogP contribution in [0, 0.1) is 6.92 Å². The summed E-state index contributed by atoms with van der Waals surface area (Å²) in [6.45, 7) is 4.78. The number of hydrogen-bond donors (Lipinski definition) is 2. The van der Waals surface area contributed by atoms with Gasteiger partial charge in [-0.15, -0.1) is 0 Å². The molecule has 0 aliphatic carbocycles. The van der Waals surface area contributed by atoms with Crippen molar-refractivity contribution in [3.63, 3.8) is 0 Å². The third kappa shape index (κ3) is 2.75. The summed E-state index contributed by atoms with van der Waals surface area (Å²) in [6, 6.07) is 9.92. The molecule has 0 amide bonds. The van der Waals surface area contributed by atoms with Crippen molar-refractivity contribution < 1.29 is 0 Å². The lowest BCUT2D eigenvalue weighted by atomic mass is 10.3. The first-order chi connectivity index (χ1) is 9.74. The normalized spacial score (nSPS) is 10.9. The van der Waals surface area contributed by atoms with E-state index in [4.69, 9.17) is 0 Å². The Morgan fingerprint density at radius 3 is 2.85 bits per heavy atom. The van der Waals surface area contributed by atoms with Crippen LogP contribution in [0.15, 0.2) is 40.5 Å². The Morgan fingerprint density at radius 2 is 2.05 bits per heavy atom. The van der Waals surface area contributed by atoms with E-state index in [1.54, 1.807) is 0 Å². The number of rotatable bonds is 4. The highest BCUT2D eigenvalue weighted by Gasteiger charge is 2.07. The third-order valence-corrected chi connectivity index (χ3v) is 3.55. The molecule has 0 bridgehead atoms. The highest BCUT2D eigenvalue weighted by atomic mass is 32.2. The number of aryl methyl sites for hydroxylation is 1. The Kier molecular flexibility index (Phi) is 3.56. The number of benzene rings is 1. The molecule has 0 fully saturated rings. The van der Waals surface area contributed by atoms with Gasteiger partial charge in [0.1, 0.15) is 16.7 Å². The predicted octanol–water partition coefficient (Wildman–Crippen LogP) is 3.24. The Labute approximate surface area is 121 Å². The molecule has 0 saturated heterocycles. The molecule has 0 spiro atoms. The van der Waals surface area contributed by atoms with Crippen LogP contribution in [0.4, 0.5) is 5.82 Å². The largest absolute Gasteiger partial charge is 0.370 e. The molecule has 0 radical (unpaired) electrons. The van der Waals surface area contributed by atoms with Crippen LogP contribution < -0.4 is 5.32 Å². The average molecular weight is 285 g/mol. The number of aromatic amines is 1. The minimum atomic E-state index is 0.752. The summed E-state index contributed by atoms with van der Waals surface area (Å²) in [4.78, 5) is 16.6. The van der Waals surface area contributed by atoms with E-state index < -0.39 is 0 Å². The van der Waals surface area contributed by atoms with Gasteiger partial charge in [-0.25, -0.2) is 15.0 Å². The molecule has 0 unspecified atom stereocenters. The number of fused-ring (bicyclic) bond motifs is 1. The monoisotopic (exact) mass is 285 g/mol. The molecule has 6 heteroatoms. The van der Waals surface area contributed by atoms with Gasteiger partial charge in [-0.2, -0.15) is 0 Å². The smallest absolute Gasteiger partial charge is 0.172 e. The summed E-state index contributed by atoms with van der Waals surface area (Å²) >= 11 is 1.51. The van der Waals surface area contributed by atoms with Gasteiger partial charge in [-0.1, -0.05) is 12.1 Å². The molecule has 1 aromatic carbocycles. The maximum absolute atomic E-state index is 4.54. The number of nitrogens with zero attached hydrogens (tertiary/aromatic N) is 3. The third-order valence-electron chi connectivity index (χ3n) is 2.74. The zero-order valence-corrected chi connectivity index (χ0v) is 12.2. The number of nitrogens with one attached hydrogen (secondary N) is 2. The first-order valence-corrected chi connectivity index (χ1v) is 7.28. The van der Waals surface area contributed by atoms with Crippen molar-refractivity contribution in [1.29, 1.82) is 0 Å². The van der Waals surface area contributed by atoms with Crippen LogP contribution in [0.5, 0.6) is 0 Å². The second-order valence-corrected chi connectivity index (χ2v) is 5.34. The SMILES string of the molecule is CCNc1cc(Sc2nc3ccccc3[nH]2)nc(C)n1. The first-order valence-electron chi connectivity index (χ1n) is 6.47. The molecule has 0 aliphatic rings. The second kappa shape index (κ2) is 5.50. The number of hydrogen-bond acceptors (Lipinski definition) is 5. The van der Waals surface area contributed by atoms with Gasteiger partial charge in [0, 0.05) is 12.6 Å². The number of para-hydroxylation sites is 2. The van der Waals surface area contributed by atoms with Crippen molar-refractivity contribution >= 4 is 28.6 Å². The number of anilines is 1. The highest BCUT2D eigenvalue weighted by molar-refractivity contribution is 7.99. The van der Waals surface area contributed by atoms with Gasteiger partial charge >= 0.3 is 0 Å². The van der Waals surface area contributed by atoms with Crippen molar-refractivity contribution in [2.24, 2.45) is 0 Å². The number of aromatic nitrogens is 4. The number of H-pyrrole nitrogens is 1. The van der Waals surface area contributed by atoms with E-state index in [9.17, 15) is 0 Å². The standard InChI is InChI=1S/C14H15N5S/c1-3-15-12-8-13(17-9(2)16-12)20-14-18-10-6-4-5-7-11(10)19-14/h4-8H,3H2,1-2H3,(H,18,19)(H,15,16,17). The summed E-state index contributed by atoms with van der Waals surface area (Å²) in [5.41, 5.74) is 2.00. The van der Waals surface area contributed by atoms with E-state index in [1.807, 2.05) is 44.2 Å². The van der Waals surface area contributed by atoms with Gasteiger partial charge in [-0.05, 0) is 37.7 Å². The first kappa shape index (κ1) is 12.9. The molecule has 0 aliphatic heterocycles. The minimum Gasteiger partial charge on any atom is -0.370 e. The summed E-state index contributed by atoms with van der Waals surface area (Å²) in [5.74, 6) is 1.60. The van der Waals surface area contributed by atoms with Gasteiger partial charge in [-0.3, -0.25) is 0 Å². The van der Waals surface area contributed by atoms with Crippen molar-refractivity contribution in [3.05, 3.63) is 36.2 Å². The molecular weight excluding hydrogens is 270 g/mol. The molecule has 20 heavy (non-hydrogen) atoms. The Hall–Kier alpha value is -2.08. The van der Waals surface area contributed by atoms with E-state index in [0.717, 1.165) is 39.4 Å². The van der Waals surface area contributed by atoms with Gasteiger partial charge in [0.05, 0.1) is 11.0 Å². The molecule has 3 rings (SSSR count). The molecule has 2 aromatic heterocycles. The lowest BCUT2D eigenvalue weighted by Gasteiger charge is -2.05. The summed E-state index contributed by atoms with van der Waals surface area (Å²) in [5, 5.41) is 4.93. The van der Waals surface area contributed by atoms with E-state index in [2.05, 4.69) is 25.3 Å². The van der Waals surface area contributed by atoms with Crippen molar-refractivity contribution in [2.45, 2.75) is 24.0 Å². The van der Waals surface area contributed by atoms with Gasteiger partial charge in [0.2, 0.25) is 0 Å². The maximum Gasteiger partial charge on any atom is 0.172 e. The summed E-state index contributed by atoms with van der Waals surface area (Å²) in [6.07, 6.45) is 0. The van der Waals surface area contributed by atoms with Crippen molar-refractivity contribution in [3.8, 4) is 0 Å². The fourth-order valence-corrected chi connectivity index (χ4v) is 2.79. The second-order valence-electron chi connectivity index (χ2n) is 4.33. The Bertz CT molecular complexity index is 704. The topological polar surface area (TPSA) is 66.5 Å². The van der Waals surface area contributed by atoms with E-state index in [-0.39, 0.29) is 0 Å². The zero-order chi connectivity index (χ0) is 13.9. The van der Waals surface area contributed by atoms with Crippen molar-refractivity contribution in [1.82, 2.24) is 19.9 Å². The minimum absolute atomic E-state index is 0.752. The summed E-state index contributed by atoms with van der Waals surface area (Å²) < 4.78 is 0. The van der Waals surface area contributed by atoms with Crippen LogP contribution in [0.1, 0.15) is 12.7 Å². The van der Waals surface area contributed by atoms with Crippen LogP contribution in [-0.4, -0.2) is 26.5 Å². The van der Waals surface area contributed by atoms with Crippen LogP contribution in [0.3, 0.4) is 0 Å². The predicted molar refractivity (Wildman–Crippen MR) is 81.1 cm³/mol. The number of imidazole rings is 1. The quantitative estimate of drug-likeness (QED) is 0.720. The Balaban J connectivity index is 1.90. The maximum atomic E-state index is 4.54. The van der Waals surface area contributed by atoms with E-state index in [0.29, 0.717) is 0 Å². The Morgan fingerprint density at radius 1 is 1.20 bits per heavy atom. The highest BCUT2D eigenvalue weighted by Crippen LogP contribution is 2.27. The molecule has 0 atom stereocenters. The van der Waals surface area contributed by atoms with Crippen LogP contribution in [-0.2, 0) is 0 Å². The molecule has 2 N–H and O–H groups in total. The molecule has 102 valence electrons. The molecule has 5 nitrogen and oxygen atoms in total. The molecule has 3 aromatic rings. The fourth-order valence-electron chi connectivity index (χ4n) is 1.94. The molecule has 2 heterocycles. The van der Waals surface area contributed by atoms with E-state index >= 15 is 0 Å². The lowest BCUT2D eigenvalue weighted by molar-refractivity contribution is 0.954. The van der Waals surface area contributed by atoms with Gasteiger partial charge in [0.15, 0.2) is 5.16 Å². The molecular formula is C14H15N5S.